The zero-order valence-corrected chi connectivity index (χ0v) is 43.3. The van der Waals surface area contributed by atoms with Gasteiger partial charge in [0.1, 0.15) is 24.4 Å². The molecule has 0 bridgehead atoms. The summed E-state index contributed by atoms with van der Waals surface area (Å²) in [6, 6.07) is 30.2. The Hall–Kier alpha value is -3.87. The minimum atomic E-state index is -2.28. The Morgan fingerprint density at radius 2 is 1.04 bits per heavy atom. The number of benzene rings is 3. The van der Waals surface area contributed by atoms with Crippen LogP contribution in [0, 0.1) is 0 Å². The molecule has 0 spiro atoms. The molecule has 1 saturated heterocycles. The third-order valence-corrected chi connectivity index (χ3v) is 18.4. The Morgan fingerprint density at radius 1 is 0.618 bits per heavy atom. The van der Waals surface area contributed by atoms with Crippen LogP contribution in [0.5, 0.6) is 0 Å². The van der Waals surface area contributed by atoms with Gasteiger partial charge >= 0.3 is 11.9 Å². The second kappa shape index (κ2) is 31.4. The molecule has 1 aliphatic heterocycles. The standard InChI is InChI=1S/C57H87NO9Si/c1-57(2,3)68(4,5)64-44-49-54(62)55(67-52(61)42-30-13-9-7-11-20-32-46-36-24-17-25-37-46)53(56(63)66-49)58-50(59)43-48(40-28-15-14-21-33-47-38-26-18-27-39-47)65-51(60)41-29-12-8-6-10-19-31-45-34-22-16-23-35-45/h16-18,22-27,34-39,48-49,53-56,62-63H,6-15,19-21,28-33,40-44H2,1-5H3,(H,58,59)/t48-,49+,53+,54+,55+,56?/m0/s1. The number of esters is 2. The minimum Gasteiger partial charge on any atom is -0.462 e. The molecule has 1 amide bonds. The number of aliphatic hydroxyl groups is 2. The van der Waals surface area contributed by atoms with Crippen molar-refractivity contribution < 1.29 is 43.2 Å². The van der Waals surface area contributed by atoms with Gasteiger partial charge in [-0.1, -0.05) is 176 Å². The van der Waals surface area contributed by atoms with Crippen molar-refractivity contribution in [1.82, 2.24) is 5.32 Å². The van der Waals surface area contributed by atoms with E-state index >= 15 is 0 Å². The van der Waals surface area contributed by atoms with Gasteiger partial charge in [0.05, 0.1) is 13.0 Å². The number of nitrogens with one attached hydrogen (secondary N) is 1. The molecule has 0 saturated carbocycles. The summed E-state index contributed by atoms with van der Waals surface area (Å²) in [5, 5.41) is 25.9. The van der Waals surface area contributed by atoms with Crippen molar-refractivity contribution in [3.63, 3.8) is 0 Å². The van der Waals surface area contributed by atoms with Crippen LogP contribution in [0.2, 0.25) is 18.1 Å². The predicted molar refractivity (Wildman–Crippen MR) is 275 cm³/mol. The zero-order chi connectivity index (χ0) is 49.0. The third-order valence-electron chi connectivity index (χ3n) is 13.9. The summed E-state index contributed by atoms with van der Waals surface area (Å²) < 4.78 is 24.2. The number of aliphatic hydroxyl groups excluding tert-OH is 2. The largest absolute Gasteiger partial charge is 0.462 e. The van der Waals surface area contributed by atoms with E-state index in [9.17, 15) is 24.6 Å². The fourth-order valence-electron chi connectivity index (χ4n) is 8.58. The lowest BCUT2D eigenvalue weighted by Gasteiger charge is -2.44. The lowest BCUT2D eigenvalue weighted by Crippen LogP contribution is -2.65. The highest BCUT2D eigenvalue weighted by Crippen LogP contribution is 2.37. The van der Waals surface area contributed by atoms with E-state index in [-0.39, 0.29) is 36.9 Å². The van der Waals surface area contributed by atoms with Crippen LogP contribution >= 0.6 is 0 Å². The lowest BCUT2D eigenvalue weighted by atomic mass is 9.96. The lowest BCUT2D eigenvalue weighted by molar-refractivity contribution is -0.258. The number of hydrogen-bond acceptors (Lipinski definition) is 9. The molecular weight excluding hydrogens is 871 g/mol. The van der Waals surface area contributed by atoms with Crippen molar-refractivity contribution >= 4 is 26.2 Å². The number of hydrogen-bond donors (Lipinski definition) is 3. The van der Waals surface area contributed by atoms with E-state index in [1.165, 1.54) is 16.7 Å². The van der Waals surface area contributed by atoms with E-state index in [1.807, 2.05) is 18.2 Å². The van der Waals surface area contributed by atoms with Gasteiger partial charge in [-0.3, -0.25) is 14.4 Å². The van der Waals surface area contributed by atoms with Crippen molar-refractivity contribution in [1.29, 1.82) is 0 Å². The Morgan fingerprint density at radius 3 is 1.51 bits per heavy atom. The Bertz CT molecular complexity index is 1820. The summed E-state index contributed by atoms with van der Waals surface area (Å²) in [6.07, 6.45) is 13.7. The quantitative estimate of drug-likeness (QED) is 0.0309. The zero-order valence-electron chi connectivity index (χ0n) is 42.3. The van der Waals surface area contributed by atoms with Crippen LogP contribution in [0.25, 0.3) is 0 Å². The number of ether oxygens (including phenoxy) is 3. The normalized spacial score (nSPS) is 19.0. The van der Waals surface area contributed by atoms with Gasteiger partial charge in [0.2, 0.25) is 5.91 Å². The second-order valence-corrected chi connectivity index (χ2v) is 25.5. The van der Waals surface area contributed by atoms with E-state index in [0.717, 1.165) is 116 Å². The maximum Gasteiger partial charge on any atom is 0.306 e. The highest BCUT2D eigenvalue weighted by molar-refractivity contribution is 6.74. The molecule has 0 aromatic heterocycles. The number of carbonyl (C=O) groups is 3. The van der Waals surface area contributed by atoms with Crippen molar-refractivity contribution in [2.45, 2.75) is 223 Å². The van der Waals surface area contributed by atoms with E-state index in [2.05, 4.69) is 112 Å². The molecule has 1 unspecified atom stereocenters. The van der Waals surface area contributed by atoms with Crippen molar-refractivity contribution in [3.05, 3.63) is 108 Å². The van der Waals surface area contributed by atoms with Gasteiger partial charge in [0.25, 0.3) is 0 Å². The van der Waals surface area contributed by atoms with Crippen LogP contribution < -0.4 is 5.32 Å². The highest BCUT2D eigenvalue weighted by atomic mass is 28.4. The Balaban J connectivity index is 1.31. The first-order valence-corrected chi connectivity index (χ1v) is 29.1. The predicted octanol–water partition coefficient (Wildman–Crippen LogP) is 11.9. The van der Waals surface area contributed by atoms with Gasteiger partial charge in [-0.15, -0.1) is 0 Å². The van der Waals surface area contributed by atoms with Gasteiger partial charge in [-0.2, -0.15) is 0 Å². The molecule has 10 nitrogen and oxygen atoms in total. The first kappa shape index (κ1) is 56.7. The van der Waals surface area contributed by atoms with Crippen molar-refractivity contribution in [2.75, 3.05) is 6.61 Å². The molecule has 1 heterocycles. The molecule has 3 aromatic carbocycles. The molecule has 4 rings (SSSR count). The molecular formula is C57H87NO9Si. The van der Waals surface area contributed by atoms with Gasteiger partial charge in [-0.25, -0.2) is 0 Å². The maximum atomic E-state index is 13.9. The summed E-state index contributed by atoms with van der Waals surface area (Å²) in [4.78, 5) is 40.5. The van der Waals surface area contributed by atoms with Gasteiger partial charge in [0, 0.05) is 12.8 Å². The van der Waals surface area contributed by atoms with Crippen LogP contribution in [0.4, 0.5) is 0 Å². The van der Waals surface area contributed by atoms with Crippen LogP contribution in [0.15, 0.2) is 91.0 Å². The summed E-state index contributed by atoms with van der Waals surface area (Å²) in [5.41, 5.74) is 4.02. The number of rotatable bonds is 33. The van der Waals surface area contributed by atoms with E-state index in [0.29, 0.717) is 12.8 Å². The van der Waals surface area contributed by atoms with Crippen LogP contribution in [-0.2, 0) is 52.3 Å². The molecule has 1 aliphatic rings. The van der Waals surface area contributed by atoms with E-state index in [4.69, 9.17) is 18.6 Å². The van der Waals surface area contributed by atoms with Gasteiger partial charge in [-0.05, 0) is 99.0 Å². The Labute approximate surface area is 410 Å². The summed E-state index contributed by atoms with van der Waals surface area (Å²) in [6.45, 7) is 10.5. The fourth-order valence-corrected chi connectivity index (χ4v) is 9.60. The molecule has 3 N–H and O–H groups in total. The number of carbonyl (C=O) groups excluding carboxylic acids is 3. The fraction of sp³-hybridized carbons (Fsp3) is 0.632. The molecule has 1 fully saturated rings. The molecule has 11 heteroatoms. The molecule has 6 atom stereocenters. The highest BCUT2D eigenvalue weighted by Gasteiger charge is 2.49. The second-order valence-electron chi connectivity index (χ2n) is 20.6. The summed E-state index contributed by atoms with van der Waals surface area (Å²) in [5.74, 6) is -1.33. The first-order valence-electron chi connectivity index (χ1n) is 26.2. The van der Waals surface area contributed by atoms with Crippen LogP contribution in [0.3, 0.4) is 0 Å². The Kier molecular flexibility index (Phi) is 26.2. The third kappa shape index (κ3) is 22.3. The van der Waals surface area contributed by atoms with E-state index < -0.39 is 56.9 Å². The average Bonchev–Trinajstić information content (AvgIpc) is 3.31. The number of unbranched alkanes of at least 4 members (excludes halogenated alkanes) is 13. The monoisotopic (exact) mass is 958 g/mol. The SMILES string of the molecule is CC(C)(C)[Si](C)(C)OC[C@H]1OC(O)[C@H](NC(=O)C[C@H](CCCCCCc2ccccc2)OC(=O)CCCCCCCCc2ccccc2)[C@@H](OC(=O)CCCCCCCCc2ccccc2)[C@@H]1O. The molecule has 68 heavy (non-hydrogen) atoms. The topological polar surface area (TPSA) is 141 Å². The van der Waals surface area contributed by atoms with Gasteiger partial charge in [0.15, 0.2) is 20.7 Å². The average molecular weight is 958 g/mol. The van der Waals surface area contributed by atoms with Gasteiger partial charge < -0.3 is 34.2 Å². The first-order chi connectivity index (χ1) is 32.7. The van der Waals surface area contributed by atoms with Crippen molar-refractivity contribution in [3.8, 4) is 0 Å². The summed E-state index contributed by atoms with van der Waals surface area (Å²) >= 11 is 0. The van der Waals surface area contributed by atoms with Crippen LogP contribution in [0.1, 0.15) is 166 Å². The molecule has 0 radical (unpaired) electrons. The summed E-state index contributed by atoms with van der Waals surface area (Å²) in [7, 11) is -2.28. The molecule has 3 aromatic rings. The van der Waals surface area contributed by atoms with Crippen LogP contribution in [-0.4, -0.2) is 79.7 Å². The maximum absolute atomic E-state index is 13.9. The van der Waals surface area contributed by atoms with E-state index in [1.54, 1.807) is 0 Å². The van der Waals surface area contributed by atoms with Crippen molar-refractivity contribution in [2.24, 2.45) is 0 Å². The molecule has 0 aliphatic carbocycles. The molecule has 378 valence electrons. The number of aryl methyl sites for hydroxylation is 3. The number of amides is 1. The smallest absolute Gasteiger partial charge is 0.306 e. The minimum absolute atomic E-state index is 0.00859.